The van der Waals surface area contributed by atoms with Gasteiger partial charge < -0.3 is 10.2 Å². The van der Waals surface area contributed by atoms with Gasteiger partial charge in [-0.25, -0.2) is 0 Å². The predicted molar refractivity (Wildman–Crippen MR) is 72.5 cm³/mol. The molecular formula is C14H24N4. The highest BCUT2D eigenvalue weighted by atomic mass is 15.3. The molecule has 1 N–H and O–H groups in total. The van der Waals surface area contributed by atoms with E-state index >= 15 is 0 Å². The number of likely N-dealkylation sites (tertiary alicyclic amines) is 1. The second kappa shape index (κ2) is 5.02. The second-order valence-corrected chi connectivity index (χ2v) is 6.25. The van der Waals surface area contributed by atoms with E-state index in [0.29, 0.717) is 11.5 Å². The van der Waals surface area contributed by atoms with Crippen LogP contribution in [0.15, 0.2) is 18.5 Å². The summed E-state index contributed by atoms with van der Waals surface area (Å²) in [6, 6.07) is 2.60. The standard InChI is InChI=1S/C14H24N4/c1-14(5-7-15-11-14)12-17-8-2-4-13(10-17)18-9-3-6-16-18/h3,6,9,13,15H,2,4-5,7-8,10-12H2,1H3. The van der Waals surface area contributed by atoms with E-state index in [1.54, 1.807) is 0 Å². The molecule has 0 aromatic carbocycles. The van der Waals surface area contributed by atoms with Crippen molar-refractivity contribution in [2.45, 2.75) is 32.2 Å². The van der Waals surface area contributed by atoms with Crippen LogP contribution >= 0.6 is 0 Å². The van der Waals surface area contributed by atoms with Crippen molar-refractivity contribution >= 4 is 0 Å². The Morgan fingerprint density at radius 1 is 1.50 bits per heavy atom. The van der Waals surface area contributed by atoms with Gasteiger partial charge in [-0.15, -0.1) is 0 Å². The average Bonchev–Trinajstić information content (AvgIpc) is 3.01. The zero-order valence-electron chi connectivity index (χ0n) is 11.3. The summed E-state index contributed by atoms with van der Waals surface area (Å²) in [5.41, 5.74) is 0.478. The van der Waals surface area contributed by atoms with Crippen LogP contribution in [0.25, 0.3) is 0 Å². The van der Waals surface area contributed by atoms with Crippen LogP contribution in [0.3, 0.4) is 0 Å². The first-order valence-electron chi connectivity index (χ1n) is 7.17. The van der Waals surface area contributed by atoms with Crippen LogP contribution in [-0.4, -0.2) is 47.4 Å². The summed E-state index contributed by atoms with van der Waals surface area (Å²) in [5.74, 6) is 0. The summed E-state index contributed by atoms with van der Waals surface area (Å²) in [5, 5.41) is 7.90. The fourth-order valence-electron chi connectivity index (χ4n) is 3.43. The van der Waals surface area contributed by atoms with Crippen LogP contribution in [0.5, 0.6) is 0 Å². The summed E-state index contributed by atoms with van der Waals surface area (Å²) in [4.78, 5) is 2.64. The number of nitrogens with one attached hydrogen (secondary N) is 1. The zero-order valence-corrected chi connectivity index (χ0v) is 11.3. The first kappa shape index (κ1) is 12.2. The summed E-state index contributed by atoms with van der Waals surface area (Å²) in [6.45, 7) is 8.44. The van der Waals surface area contributed by atoms with Gasteiger partial charge in [-0.2, -0.15) is 5.10 Å². The van der Waals surface area contributed by atoms with Crippen molar-refractivity contribution in [3.05, 3.63) is 18.5 Å². The summed E-state index contributed by atoms with van der Waals surface area (Å²) >= 11 is 0. The lowest BCUT2D eigenvalue weighted by Gasteiger charge is -2.37. The van der Waals surface area contributed by atoms with Gasteiger partial charge in [0.1, 0.15) is 0 Å². The summed E-state index contributed by atoms with van der Waals surface area (Å²) in [6.07, 6.45) is 7.88. The van der Waals surface area contributed by atoms with E-state index < -0.39 is 0 Å². The van der Waals surface area contributed by atoms with E-state index in [9.17, 15) is 0 Å². The Morgan fingerprint density at radius 2 is 2.44 bits per heavy atom. The second-order valence-electron chi connectivity index (χ2n) is 6.25. The monoisotopic (exact) mass is 248 g/mol. The van der Waals surface area contributed by atoms with E-state index in [2.05, 4.69) is 33.1 Å². The Morgan fingerprint density at radius 3 is 3.17 bits per heavy atom. The Bertz CT molecular complexity index is 367. The molecule has 1 aromatic rings. The lowest BCUT2D eigenvalue weighted by atomic mass is 9.88. The molecule has 4 heteroatoms. The molecular weight excluding hydrogens is 224 g/mol. The normalized spacial score (nSPS) is 33.9. The van der Waals surface area contributed by atoms with Gasteiger partial charge in [0.05, 0.1) is 6.04 Å². The maximum Gasteiger partial charge on any atom is 0.0646 e. The number of piperidine rings is 1. The predicted octanol–water partition coefficient (Wildman–Crippen LogP) is 1.52. The Kier molecular flexibility index (Phi) is 3.39. The van der Waals surface area contributed by atoms with Crippen molar-refractivity contribution in [1.82, 2.24) is 20.0 Å². The number of hydrogen-bond donors (Lipinski definition) is 1. The van der Waals surface area contributed by atoms with Crippen molar-refractivity contribution in [1.29, 1.82) is 0 Å². The van der Waals surface area contributed by atoms with Crippen LogP contribution in [0, 0.1) is 5.41 Å². The van der Waals surface area contributed by atoms with E-state index in [1.165, 1.54) is 45.4 Å². The minimum absolute atomic E-state index is 0.478. The van der Waals surface area contributed by atoms with Crippen LogP contribution in [-0.2, 0) is 0 Å². The smallest absolute Gasteiger partial charge is 0.0646 e. The average molecular weight is 248 g/mol. The van der Waals surface area contributed by atoms with Crippen molar-refractivity contribution in [3.8, 4) is 0 Å². The number of rotatable bonds is 3. The molecule has 2 unspecified atom stereocenters. The van der Waals surface area contributed by atoms with Crippen molar-refractivity contribution in [2.24, 2.45) is 5.41 Å². The molecule has 2 atom stereocenters. The molecule has 0 saturated carbocycles. The van der Waals surface area contributed by atoms with E-state index in [4.69, 9.17) is 0 Å². The molecule has 3 heterocycles. The fraction of sp³-hybridized carbons (Fsp3) is 0.786. The highest BCUT2D eigenvalue weighted by Crippen LogP contribution is 2.29. The fourth-order valence-corrected chi connectivity index (χ4v) is 3.43. The molecule has 4 nitrogen and oxygen atoms in total. The third kappa shape index (κ3) is 2.59. The van der Waals surface area contributed by atoms with Gasteiger partial charge in [0, 0.05) is 32.0 Å². The van der Waals surface area contributed by atoms with Crippen LogP contribution < -0.4 is 5.32 Å². The van der Waals surface area contributed by atoms with E-state index in [-0.39, 0.29) is 0 Å². The molecule has 2 saturated heterocycles. The molecule has 0 amide bonds. The third-order valence-corrected chi connectivity index (χ3v) is 4.44. The Labute approximate surface area is 109 Å². The molecule has 1 aromatic heterocycles. The van der Waals surface area contributed by atoms with Crippen LogP contribution in [0.4, 0.5) is 0 Å². The number of hydrogen-bond acceptors (Lipinski definition) is 3. The minimum Gasteiger partial charge on any atom is -0.316 e. The van der Waals surface area contributed by atoms with E-state index in [1.807, 2.05) is 12.3 Å². The highest BCUT2D eigenvalue weighted by molar-refractivity contribution is 4.90. The van der Waals surface area contributed by atoms with Gasteiger partial charge in [-0.3, -0.25) is 4.68 Å². The van der Waals surface area contributed by atoms with Gasteiger partial charge in [-0.05, 0) is 43.8 Å². The van der Waals surface area contributed by atoms with Crippen molar-refractivity contribution in [3.63, 3.8) is 0 Å². The number of nitrogens with zero attached hydrogens (tertiary/aromatic N) is 3. The first-order chi connectivity index (χ1) is 8.75. The third-order valence-electron chi connectivity index (χ3n) is 4.44. The molecule has 3 rings (SSSR count). The van der Waals surface area contributed by atoms with Crippen LogP contribution in [0.1, 0.15) is 32.2 Å². The molecule has 2 aliphatic heterocycles. The van der Waals surface area contributed by atoms with Gasteiger partial charge >= 0.3 is 0 Å². The van der Waals surface area contributed by atoms with E-state index in [0.717, 1.165) is 6.54 Å². The topological polar surface area (TPSA) is 33.1 Å². The van der Waals surface area contributed by atoms with Gasteiger partial charge in [0.15, 0.2) is 0 Å². The van der Waals surface area contributed by atoms with Gasteiger partial charge in [0.25, 0.3) is 0 Å². The molecule has 100 valence electrons. The lowest BCUT2D eigenvalue weighted by molar-refractivity contribution is 0.119. The quantitative estimate of drug-likeness (QED) is 0.880. The highest BCUT2D eigenvalue weighted by Gasteiger charge is 2.32. The molecule has 2 aliphatic rings. The first-order valence-corrected chi connectivity index (χ1v) is 7.17. The molecule has 0 radical (unpaired) electrons. The van der Waals surface area contributed by atoms with Gasteiger partial charge in [-0.1, -0.05) is 6.92 Å². The lowest BCUT2D eigenvalue weighted by Crippen LogP contribution is -2.43. The molecule has 0 aliphatic carbocycles. The molecule has 0 bridgehead atoms. The Balaban J connectivity index is 1.60. The molecule has 2 fully saturated rings. The summed E-state index contributed by atoms with van der Waals surface area (Å²) in [7, 11) is 0. The minimum atomic E-state index is 0.478. The SMILES string of the molecule is CC1(CN2CCCC(n3cccn3)C2)CCNC1. The zero-order chi connectivity index (χ0) is 12.4. The molecule has 0 spiro atoms. The largest absolute Gasteiger partial charge is 0.316 e. The van der Waals surface area contributed by atoms with Crippen molar-refractivity contribution in [2.75, 3.05) is 32.7 Å². The van der Waals surface area contributed by atoms with Gasteiger partial charge in [0.2, 0.25) is 0 Å². The Hall–Kier alpha value is -0.870. The molecule has 18 heavy (non-hydrogen) atoms. The maximum atomic E-state index is 4.40. The van der Waals surface area contributed by atoms with Crippen molar-refractivity contribution < 1.29 is 0 Å². The summed E-state index contributed by atoms with van der Waals surface area (Å²) < 4.78 is 2.14. The van der Waals surface area contributed by atoms with Crippen LogP contribution in [0.2, 0.25) is 0 Å². The number of aromatic nitrogens is 2. The maximum absolute atomic E-state index is 4.40.